The maximum Gasteiger partial charge on any atom is 1.00 e. The summed E-state index contributed by atoms with van der Waals surface area (Å²) in [5, 5.41) is 0. The van der Waals surface area contributed by atoms with Crippen molar-refractivity contribution in [3.8, 4) is 5.75 Å². The molecule has 22 heavy (non-hydrogen) atoms. The van der Waals surface area contributed by atoms with Crippen LogP contribution in [0.25, 0.3) is 0 Å². The van der Waals surface area contributed by atoms with E-state index in [0.29, 0.717) is 0 Å². The third-order valence-electron chi connectivity index (χ3n) is 3.00. The Labute approximate surface area is 151 Å². The van der Waals surface area contributed by atoms with E-state index in [2.05, 4.69) is 30.3 Å². The smallest absolute Gasteiger partial charge is 0.544 e. The van der Waals surface area contributed by atoms with Crippen molar-refractivity contribution in [1.82, 2.24) is 0 Å². The molecule has 0 radical (unpaired) electrons. The zero-order valence-corrected chi connectivity index (χ0v) is 15.1. The van der Waals surface area contributed by atoms with Crippen molar-refractivity contribution < 1.29 is 53.5 Å². The van der Waals surface area contributed by atoms with Crippen molar-refractivity contribution in [2.75, 3.05) is 0 Å². The van der Waals surface area contributed by atoms with Crippen LogP contribution in [0.3, 0.4) is 0 Å². The van der Waals surface area contributed by atoms with Crippen molar-refractivity contribution in [3.63, 3.8) is 0 Å². The van der Waals surface area contributed by atoms with Crippen LogP contribution in [0.2, 0.25) is 0 Å². The molecule has 1 aliphatic rings. The number of hydrogen-bond donors (Lipinski definition) is 3. The quantitative estimate of drug-likeness (QED) is 0.377. The van der Waals surface area contributed by atoms with Gasteiger partial charge in [-0.3, -0.25) is 0 Å². The number of aryl methyl sites for hydroxylation is 1. The van der Waals surface area contributed by atoms with Crippen LogP contribution in [0, 0.1) is 6.07 Å². The van der Waals surface area contributed by atoms with Crippen molar-refractivity contribution in [1.29, 1.82) is 0 Å². The second-order valence-electron chi connectivity index (χ2n) is 4.58. The molecule has 1 aliphatic heterocycles. The molecule has 0 aliphatic carbocycles. The zero-order chi connectivity index (χ0) is 15.3. The van der Waals surface area contributed by atoms with E-state index in [0.717, 1.165) is 18.6 Å². The van der Waals surface area contributed by atoms with Crippen LogP contribution in [0.5, 0.6) is 5.75 Å². The van der Waals surface area contributed by atoms with Crippen LogP contribution in [-0.4, -0.2) is 14.7 Å². The maximum absolute atomic E-state index is 8.88. The number of fused-ring (bicyclic) bond motifs is 1. The third kappa shape index (κ3) is 6.63. The van der Waals surface area contributed by atoms with E-state index < -0.39 is 7.82 Å². The summed E-state index contributed by atoms with van der Waals surface area (Å²) in [5.41, 5.74) is 2.46. The van der Waals surface area contributed by atoms with Crippen molar-refractivity contribution in [2.24, 2.45) is 0 Å². The van der Waals surface area contributed by atoms with Crippen molar-refractivity contribution in [2.45, 2.75) is 18.9 Å². The molecule has 0 saturated heterocycles. The summed E-state index contributed by atoms with van der Waals surface area (Å²) in [6.07, 6.45) is 2.29. The van der Waals surface area contributed by atoms with Crippen LogP contribution in [0.4, 0.5) is 0 Å². The Bertz CT molecular complexity index is 621. The number of phosphoric acid groups is 1. The van der Waals surface area contributed by atoms with Gasteiger partial charge in [-0.05, 0) is 18.4 Å². The van der Waals surface area contributed by atoms with Gasteiger partial charge in [0.05, 0.1) is 0 Å². The average molecular weight is 330 g/mol. The number of hydrogen-bond acceptors (Lipinski definition) is 2. The second-order valence-corrected chi connectivity index (χ2v) is 5.61. The fourth-order valence-electron chi connectivity index (χ4n) is 2.15. The Balaban J connectivity index is 0.000000356. The Kier molecular flexibility index (Phi) is 7.80. The molecule has 0 fully saturated rings. The first-order valence-corrected chi connectivity index (χ1v) is 7.99. The van der Waals surface area contributed by atoms with Gasteiger partial charge in [-0.1, -0.05) is 30.3 Å². The van der Waals surface area contributed by atoms with Crippen LogP contribution in [0.1, 0.15) is 23.7 Å². The van der Waals surface area contributed by atoms with Gasteiger partial charge >= 0.3 is 37.4 Å². The van der Waals surface area contributed by atoms with Crippen LogP contribution >= 0.6 is 7.82 Å². The first kappa shape index (κ1) is 19.4. The van der Waals surface area contributed by atoms with Gasteiger partial charge in [0.25, 0.3) is 0 Å². The molecule has 3 rings (SSSR count). The molecular formula is C15H16NaO5P. The van der Waals surface area contributed by atoms with Gasteiger partial charge in [0.2, 0.25) is 0 Å². The fourth-order valence-corrected chi connectivity index (χ4v) is 2.15. The zero-order valence-electron chi connectivity index (χ0n) is 12.2. The van der Waals surface area contributed by atoms with E-state index in [4.69, 9.17) is 24.0 Å². The van der Waals surface area contributed by atoms with E-state index >= 15 is 0 Å². The predicted octanol–water partition coefficient (Wildman–Crippen LogP) is -0.372. The molecule has 3 N–H and O–H groups in total. The first-order valence-electron chi connectivity index (χ1n) is 6.43. The van der Waals surface area contributed by atoms with E-state index in [1.54, 1.807) is 0 Å². The Morgan fingerprint density at radius 3 is 2.36 bits per heavy atom. The first-order chi connectivity index (χ1) is 9.93. The summed E-state index contributed by atoms with van der Waals surface area (Å²) >= 11 is 0. The normalized spacial score (nSPS) is 16.2. The molecule has 0 saturated carbocycles. The molecule has 5 nitrogen and oxygen atoms in total. The molecule has 2 aromatic rings. The van der Waals surface area contributed by atoms with Gasteiger partial charge < -0.3 is 19.4 Å². The number of benzene rings is 2. The minimum atomic E-state index is -4.64. The van der Waals surface area contributed by atoms with Crippen LogP contribution in [-0.2, 0) is 11.0 Å². The van der Waals surface area contributed by atoms with Gasteiger partial charge in [-0.25, -0.2) is 4.57 Å². The summed E-state index contributed by atoms with van der Waals surface area (Å²) < 4.78 is 14.9. The summed E-state index contributed by atoms with van der Waals surface area (Å²) in [6, 6.07) is 19.6. The van der Waals surface area contributed by atoms with Gasteiger partial charge in [0, 0.05) is 5.75 Å². The molecule has 1 heterocycles. The topological polar surface area (TPSA) is 87.0 Å². The SMILES string of the molecule is O=P(O)(O)O.[Na+].[c-]1cccc2c1CCC(c1ccccc1)O2. The Morgan fingerprint density at radius 2 is 1.73 bits per heavy atom. The standard InChI is InChI=1S/C15H13O.Na.H3O4P/c1-2-6-12(7-3-1)15-11-10-13-8-4-5-9-14(13)16-15;;1-5(2,3)4/h1-7,9,15H,10-11H2;;(H3,1,2,3,4)/q-1;+1;. The fraction of sp³-hybridized carbons (Fsp3) is 0.200. The minimum Gasteiger partial charge on any atom is -0.544 e. The molecule has 1 unspecified atom stereocenters. The maximum atomic E-state index is 8.88. The third-order valence-corrected chi connectivity index (χ3v) is 3.00. The van der Waals surface area contributed by atoms with Crippen molar-refractivity contribution >= 4 is 7.82 Å². The number of ether oxygens (including phenoxy) is 1. The van der Waals surface area contributed by atoms with E-state index in [1.165, 1.54) is 11.1 Å². The average Bonchev–Trinajstić information content (AvgIpc) is 2.46. The molecule has 1 atom stereocenters. The second kappa shape index (κ2) is 8.85. The molecule has 0 amide bonds. The van der Waals surface area contributed by atoms with E-state index in [9.17, 15) is 0 Å². The van der Waals surface area contributed by atoms with Gasteiger partial charge in [-0.2, -0.15) is 18.2 Å². The molecule has 0 bridgehead atoms. The Morgan fingerprint density at radius 1 is 1.09 bits per heavy atom. The molecule has 112 valence electrons. The number of rotatable bonds is 1. The van der Waals surface area contributed by atoms with E-state index in [1.807, 2.05) is 24.3 Å². The van der Waals surface area contributed by atoms with Crippen LogP contribution in [0.15, 0.2) is 48.5 Å². The van der Waals surface area contributed by atoms with Crippen LogP contribution < -0.4 is 34.3 Å². The molecule has 0 spiro atoms. The molecule has 7 heteroatoms. The predicted molar refractivity (Wildman–Crippen MR) is 77.7 cm³/mol. The molecule has 2 aromatic carbocycles. The van der Waals surface area contributed by atoms with Crippen molar-refractivity contribution in [3.05, 3.63) is 65.7 Å². The molecule has 0 aromatic heterocycles. The summed E-state index contributed by atoms with van der Waals surface area (Å²) in [6.45, 7) is 0. The van der Waals surface area contributed by atoms with Gasteiger partial charge in [-0.15, -0.1) is 11.6 Å². The largest absolute Gasteiger partial charge is 1.00 e. The minimum absolute atomic E-state index is 0. The molecular weight excluding hydrogens is 314 g/mol. The van der Waals surface area contributed by atoms with E-state index in [-0.39, 0.29) is 35.7 Å². The van der Waals surface area contributed by atoms with Gasteiger partial charge in [0.1, 0.15) is 6.10 Å². The summed E-state index contributed by atoms with van der Waals surface area (Å²) in [5.74, 6) is 0.989. The Hall–Kier alpha value is -0.650. The van der Waals surface area contributed by atoms with Gasteiger partial charge in [0.15, 0.2) is 0 Å². The summed E-state index contributed by atoms with van der Waals surface area (Å²) in [7, 11) is -4.64. The monoisotopic (exact) mass is 330 g/mol. The summed E-state index contributed by atoms with van der Waals surface area (Å²) in [4.78, 5) is 21.6.